The number of nitrogens with zero attached hydrogens (tertiary/aromatic N) is 2. The van der Waals surface area contributed by atoms with Gasteiger partial charge in [-0.3, -0.25) is 9.89 Å². The van der Waals surface area contributed by atoms with Crippen molar-refractivity contribution in [3.05, 3.63) is 76.8 Å². The molecule has 2 N–H and O–H groups in total. The van der Waals surface area contributed by atoms with Crippen LogP contribution < -0.4 is 5.32 Å². The molecule has 0 saturated carbocycles. The van der Waals surface area contributed by atoms with Crippen LogP contribution >= 0.6 is 11.3 Å². The highest BCUT2D eigenvalue weighted by molar-refractivity contribution is 7.91. The van der Waals surface area contributed by atoms with Gasteiger partial charge < -0.3 is 5.32 Å². The van der Waals surface area contributed by atoms with E-state index in [-0.39, 0.29) is 10.1 Å². The maximum absolute atomic E-state index is 13.1. The van der Waals surface area contributed by atoms with E-state index in [9.17, 15) is 13.2 Å². The maximum Gasteiger partial charge on any atom is 0.256 e. The van der Waals surface area contributed by atoms with Crippen LogP contribution in [0, 0.1) is 0 Å². The SMILES string of the molecule is O=C(Nc1cccc2cn[nH]c12)c1csc(S(=O)(=O)N2CCc3ccccc3C2)c1. The molecular weight excluding hydrogens is 420 g/mol. The summed E-state index contributed by atoms with van der Waals surface area (Å²) in [5.41, 5.74) is 3.84. The second-order valence-electron chi connectivity index (χ2n) is 7.11. The molecule has 0 spiro atoms. The van der Waals surface area contributed by atoms with Crippen LogP contribution in [0.4, 0.5) is 5.69 Å². The van der Waals surface area contributed by atoms with Crippen molar-refractivity contribution in [3.63, 3.8) is 0 Å². The Morgan fingerprint density at radius 1 is 1.13 bits per heavy atom. The predicted molar refractivity (Wildman–Crippen MR) is 116 cm³/mol. The molecule has 2 aromatic heterocycles. The number of nitrogens with one attached hydrogen (secondary N) is 2. The first-order chi connectivity index (χ1) is 14.5. The van der Waals surface area contributed by atoms with Gasteiger partial charge in [-0.1, -0.05) is 36.4 Å². The van der Waals surface area contributed by atoms with Gasteiger partial charge in [-0.2, -0.15) is 9.40 Å². The Bertz CT molecular complexity index is 1360. The summed E-state index contributed by atoms with van der Waals surface area (Å²) in [6, 6.07) is 14.8. The summed E-state index contributed by atoms with van der Waals surface area (Å²) in [6.45, 7) is 0.778. The number of benzene rings is 2. The number of carbonyl (C=O) groups is 1. The summed E-state index contributed by atoms with van der Waals surface area (Å²) >= 11 is 1.07. The molecule has 2 aromatic carbocycles. The molecule has 1 aliphatic heterocycles. The maximum atomic E-state index is 13.1. The standard InChI is InChI=1S/C21H18N4O3S2/c26-21(23-18-7-3-6-15-11-22-24-20(15)18)17-10-19(29-13-17)30(27,28)25-9-8-14-4-1-2-5-16(14)12-25/h1-7,10-11,13H,8-9,12H2,(H,22,24)(H,23,26). The van der Waals surface area contributed by atoms with Gasteiger partial charge in [-0.15, -0.1) is 11.3 Å². The second kappa shape index (κ2) is 7.35. The molecule has 152 valence electrons. The van der Waals surface area contributed by atoms with Gasteiger partial charge in [-0.05, 0) is 29.7 Å². The van der Waals surface area contributed by atoms with Crippen molar-refractivity contribution in [2.75, 3.05) is 11.9 Å². The molecule has 0 unspecified atom stereocenters. The molecule has 0 saturated heterocycles. The number of aromatic amines is 1. The fourth-order valence-electron chi connectivity index (χ4n) is 3.64. The third kappa shape index (κ3) is 3.30. The number of hydrogen-bond acceptors (Lipinski definition) is 5. The molecule has 0 aliphatic carbocycles. The zero-order valence-electron chi connectivity index (χ0n) is 15.8. The van der Waals surface area contributed by atoms with Gasteiger partial charge in [0.05, 0.1) is 23.0 Å². The molecule has 0 radical (unpaired) electrons. The highest BCUT2D eigenvalue weighted by Gasteiger charge is 2.30. The molecule has 9 heteroatoms. The Morgan fingerprint density at radius 3 is 2.83 bits per heavy atom. The number of thiophene rings is 1. The molecule has 1 aliphatic rings. The minimum absolute atomic E-state index is 0.173. The zero-order chi connectivity index (χ0) is 20.7. The van der Waals surface area contributed by atoms with Crippen molar-refractivity contribution in [3.8, 4) is 0 Å². The summed E-state index contributed by atoms with van der Waals surface area (Å²) in [5.74, 6) is -0.362. The van der Waals surface area contributed by atoms with Crippen LogP contribution in [0.5, 0.6) is 0 Å². The highest BCUT2D eigenvalue weighted by Crippen LogP contribution is 2.29. The van der Waals surface area contributed by atoms with Gasteiger partial charge in [-0.25, -0.2) is 8.42 Å². The number of anilines is 1. The van der Waals surface area contributed by atoms with E-state index < -0.39 is 10.0 Å². The molecule has 1 amide bonds. The first-order valence-corrected chi connectivity index (χ1v) is 11.7. The molecule has 0 bridgehead atoms. The van der Waals surface area contributed by atoms with Crippen LogP contribution in [0.1, 0.15) is 21.5 Å². The lowest BCUT2D eigenvalue weighted by atomic mass is 10.0. The number of hydrogen-bond donors (Lipinski definition) is 2. The van der Waals surface area contributed by atoms with Crippen molar-refractivity contribution in [2.24, 2.45) is 0 Å². The smallest absolute Gasteiger partial charge is 0.256 e. The van der Waals surface area contributed by atoms with E-state index in [4.69, 9.17) is 0 Å². The second-order valence-corrected chi connectivity index (χ2v) is 10.2. The molecule has 0 fully saturated rings. The van der Waals surface area contributed by atoms with Crippen LogP contribution in [-0.4, -0.2) is 35.4 Å². The number of rotatable bonds is 4. The molecule has 7 nitrogen and oxygen atoms in total. The van der Waals surface area contributed by atoms with Crippen molar-refractivity contribution in [2.45, 2.75) is 17.2 Å². The normalized spacial score (nSPS) is 14.5. The summed E-state index contributed by atoms with van der Waals surface area (Å²) in [4.78, 5) is 12.7. The summed E-state index contributed by atoms with van der Waals surface area (Å²) in [5, 5.41) is 12.1. The van der Waals surface area contributed by atoms with Crippen LogP contribution in [0.2, 0.25) is 0 Å². The largest absolute Gasteiger partial charge is 0.320 e. The van der Waals surface area contributed by atoms with Crippen molar-refractivity contribution in [1.29, 1.82) is 0 Å². The average Bonchev–Trinajstić information content (AvgIpc) is 3.44. The zero-order valence-corrected chi connectivity index (χ0v) is 17.5. The van der Waals surface area contributed by atoms with Gasteiger partial charge in [0.1, 0.15) is 4.21 Å². The number of para-hydroxylation sites is 1. The van der Waals surface area contributed by atoms with Crippen LogP contribution in [-0.2, 0) is 23.0 Å². The van der Waals surface area contributed by atoms with Gasteiger partial charge >= 0.3 is 0 Å². The summed E-state index contributed by atoms with van der Waals surface area (Å²) in [6.07, 6.45) is 2.36. The van der Waals surface area contributed by atoms with E-state index in [0.29, 0.717) is 30.8 Å². The number of amides is 1. The summed E-state index contributed by atoms with van der Waals surface area (Å²) < 4.78 is 27.9. The number of carbonyl (C=O) groups excluding carboxylic acids is 1. The monoisotopic (exact) mass is 438 g/mol. The van der Waals surface area contributed by atoms with Gasteiger partial charge in [0, 0.05) is 23.9 Å². The average molecular weight is 439 g/mol. The molecule has 5 rings (SSSR count). The topological polar surface area (TPSA) is 95.2 Å². The van der Waals surface area contributed by atoms with Gasteiger partial charge in [0.2, 0.25) is 0 Å². The van der Waals surface area contributed by atoms with Crippen molar-refractivity contribution >= 4 is 43.9 Å². The van der Waals surface area contributed by atoms with E-state index in [1.807, 2.05) is 36.4 Å². The number of H-pyrrole nitrogens is 1. The lowest BCUT2D eigenvalue weighted by molar-refractivity contribution is 0.102. The lowest BCUT2D eigenvalue weighted by Gasteiger charge is -2.27. The summed E-state index contributed by atoms with van der Waals surface area (Å²) in [7, 11) is -3.66. The number of aromatic nitrogens is 2. The molecule has 30 heavy (non-hydrogen) atoms. The molecule has 4 aromatic rings. The predicted octanol–water partition coefficient (Wildman–Crippen LogP) is 3.62. The van der Waals surface area contributed by atoms with E-state index in [1.165, 1.54) is 15.9 Å². The Balaban J connectivity index is 1.37. The Hall–Kier alpha value is -3.01. The quantitative estimate of drug-likeness (QED) is 0.509. The molecule has 3 heterocycles. The molecule has 0 atom stereocenters. The minimum Gasteiger partial charge on any atom is -0.320 e. The van der Waals surface area contributed by atoms with E-state index in [1.54, 1.807) is 17.6 Å². The Labute approximate surface area is 177 Å². The van der Waals surface area contributed by atoms with Crippen molar-refractivity contribution in [1.82, 2.24) is 14.5 Å². The van der Waals surface area contributed by atoms with E-state index in [2.05, 4.69) is 15.5 Å². The Morgan fingerprint density at radius 2 is 1.97 bits per heavy atom. The molecular formula is C21H18N4O3S2. The van der Waals surface area contributed by atoms with Gasteiger partial charge in [0.15, 0.2) is 0 Å². The fraction of sp³-hybridized carbons (Fsp3) is 0.143. The first-order valence-electron chi connectivity index (χ1n) is 9.41. The van der Waals surface area contributed by atoms with Crippen molar-refractivity contribution < 1.29 is 13.2 Å². The fourth-order valence-corrected chi connectivity index (χ4v) is 6.37. The van der Waals surface area contributed by atoms with E-state index >= 15 is 0 Å². The third-order valence-corrected chi connectivity index (χ3v) is 8.51. The Kier molecular flexibility index (Phi) is 4.65. The van der Waals surface area contributed by atoms with Crippen LogP contribution in [0.3, 0.4) is 0 Å². The van der Waals surface area contributed by atoms with E-state index in [0.717, 1.165) is 27.8 Å². The highest BCUT2D eigenvalue weighted by atomic mass is 32.2. The third-order valence-electron chi connectivity index (χ3n) is 5.25. The van der Waals surface area contributed by atoms with Crippen LogP contribution in [0.15, 0.2) is 64.3 Å². The first kappa shape index (κ1) is 19.0. The number of sulfonamides is 1. The van der Waals surface area contributed by atoms with Crippen LogP contribution in [0.25, 0.3) is 10.9 Å². The van der Waals surface area contributed by atoms with Gasteiger partial charge in [0.25, 0.3) is 15.9 Å². The lowest BCUT2D eigenvalue weighted by Crippen LogP contribution is -2.35. The minimum atomic E-state index is -3.66. The number of fused-ring (bicyclic) bond motifs is 2.